The van der Waals surface area contributed by atoms with Crippen LogP contribution in [0.15, 0.2) is 34.2 Å². The summed E-state index contributed by atoms with van der Waals surface area (Å²) in [6.07, 6.45) is -1.03. The molecule has 1 aromatic carbocycles. The molecule has 2 aromatic rings. The van der Waals surface area contributed by atoms with E-state index in [1.165, 1.54) is 6.92 Å². The zero-order valence-corrected chi connectivity index (χ0v) is 16.4. The van der Waals surface area contributed by atoms with Gasteiger partial charge in [0.1, 0.15) is 5.25 Å². The summed E-state index contributed by atoms with van der Waals surface area (Å²) in [5.74, 6) is -1.04. The van der Waals surface area contributed by atoms with E-state index in [9.17, 15) is 14.4 Å². The third-order valence-corrected chi connectivity index (χ3v) is 4.51. The van der Waals surface area contributed by atoms with Crippen LogP contribution in [0.25, 0.3) is 10.9 Å². The van der Waals surface area contributed by atoms with Gasteiger partial charge >= 0.3 is 11.9 Å². The van der Waals surface area contributed by atoms with Gasteiger partial charge in [0.05, 0.1) is 24.1 Å². The molecule has 1 aromatic heterocycles. The summed E-state index contributed by atoms with van der Waals surface area (Å²) in [5, 5.41) is -0.136. The van der Waals surface area contributed by atoms with E-state index in [1.54, 1.807) is 45.0 Å². The third kappa shape index (κ3) is 5.00. The Bertz CT molecular complexity index is 882. The highest BCUT2D eigenvalue weighted by Crippen LogP contribution is 2.23. The molecule has 0 radical (unpaired) electrons. The third-order valence-electron chi connectivity index (χ3n) is 3.49. The highest BCUT2D eigenvalue weighted by Gasteiger charge is 2.24. The Labute approximate surface area is 160 Å². The Kier molecular flexibility index (Phi) is 7.23. The molecule has 1 heterocycles. The standard InChI is InChI=1S/C18H22N2O6S/c1-5-24-16(22)11(3)26-20-15(21)13-9-7-8-10-14(13)19-18(20)27-12(4)17(23)25-6-2/h7-12H,5-6H2,1-4H3/t11-,12+/m1/s1. The summed E-state index contributed by atoms with van der Waals surface area (Å²) >= 11 is 1.01. The molecule has 0 aliphatic carbocycles. The van der Waals surface area contributed by atoms with Gasteiger partial charge in [-0.1, -0.05) is 23.9 Å². The monoisotopic (exact) mass is 394 g/mol. The van der Waals surface area contributed by atoms with Crippen molar-refractivity contribution >= 4 is 34.6 Å². The Hall–Kier alpha value is -2.55. The summed E-state index contributed by atoms with van der Waals surface area (Å²) in [5.41, 5.74) is -0.0139. The van der Waals surface area contributed by atoms with E-state index in [1.807, 2.05) is 0 Å². The number of carbonyl (C=O) groups is 2. The van der Waals surface area contributed by atoms with Crippen LogP contribution >= 0.6 is 11.8 Å². The number of hydrogen-bond acceptors (Lipinski definition) is 8. The first-order chi connectivity index (χ1) is 12.9. The van der Waals surface area contributed by atoms with E-state index in [4.69, 9.17) is 14.3 Å². The van der Waals surface area contributed by atoms with Gasteiger partial charge in [-0.3, -0.25) is 9.59 Å². The molecule has 8 nitrogen and oxygen atoms in total. The van der Waals surface area contributed by atoms with Crippen LogP contribution in [0.2, 0.25) is 0 Å². The van der Waals surface area contributed by atoms with E-state index in [-0.39, 0.29) is 18.4 Å². The fourth-order valence-electron chi connectivity index (χ4n) is 2.19. The second-order valence-electron chi connectivity index (χ2n) is 5.52. The maximum absolute atomic E-state index is 12.9. The van der Waals surface area contributed by atoms with Crippen molar-refractivity contribution in [2.75, 3.05) is 13.2 Å². The van der Waals surface area contributed by atoms with Crippen LogP contribution < -0.4 is 10.4 Å². The Morgan fingerprint density at radius 2 is 1.74 bits per heavy atom. The van der Waals surface area contributed by atoms with Crippen LogP contribution in [0.3, 0.4) is 0 Å². The predicted molar refractivity (Wildman–Crippen MR) is 101 cm³/mol. The number of hydrogen-bond donors (Lipinski definition) is 0. The second-order valence-corrected chi connectivity index (χ2v) is 6.83. The number of aromatic nitrogens is 2. The smallest absolute Gasteiger partial charge is 0.349 e. The summed E-state index contributed by atoms with van der Waals surface area (Å²) < 4.78 is 10.8. The van der Waals surface area contributed by atoms with E-state index >= 15 is 0 Å². The average molecular weight is 394 g/mol. The minimum absolute atomic E-state index is 0.149. The fourth-order valence-corrected chi connectivity index (χ4v) is 3.04. The second kappa shape index (κ2) is 9.40. The average Bonchev–Trinajstić information content (AvgIpc) is 2.65. The maximum Gasteiger partial charge on any atom is 0.349 e. The molecular formula is C18H22N2O6S. The Morgan fingerprint density at radius 3 is 2.41 bits per heavy atom. The van der Waals surface area contributed by atoms with Crippen molar-refractivity contribution in [3.63, 3.8) is 0 Å². The number of ether oxygens (including phenoxy) is 2. The number of carbonyl (C=O) groups excluding carboxylic acids is 2. The fraction of sp³-hybridized carbons (Fsp3) is 0.444. The molecule has 0 aliphatic rings. The zero-order valence-electron chi connectivity index (χ0n) is 15.6. The van der Waals surface area contributed by atoms with Gasteiger partial charge in [0.2, 0.25) is 11.3 Å². The Morgan fingerprint density at radius 1 is 1.11 bits per heavy atom. The molecule has 0 aliphatic heterocycles. The normalized spacial score (nSPS) is 13.0. The molecule has 2 atom stereocenters. The molecule has 0 bridgehead atoms. The SMILES string of the molecule is CCOC(=O)[C@H](C)Sc1nc2ccccc2c(=O)n1O[C@H](C)C(=O)OCC. The van der Waals surface area contributed by atoms with E-state index < -0.39 is 28.9 Å². The van der Waals surface area contributed by atoms with Gasteiger partial charge in [0, 0.05) is 0 Å². The molecule has 146 valence electrons. The number of nitrogens with zero attached hydrogens (tertiary/aromatic N) is 2. The molecule has 27 heavy (non-hydrogen) atoms. The van der Waals surface area contributed by atoms with Gasteiger partial charge in [-0.25, -0.2) is 9.78 Å². The quantitative estimate of drug-likeness (QED) is 0.380. The molecule has 0 unspecified atom stereocenters. The summed E-state index contributed by atoms with van der Waals surface area (Å²) in [6.45, 7) is 6.95. The van der Waals surface area contributed by atoms with Gasteiger partial charge in [-0.15, -0.1) is 4.73 Å². The number of thioether (sulfide) groups is 1. The van der Waals surface area contributed by atoms with Crippen molar-refractivity contribution in [3.05, 3.63) is 34.6 Å². The summed E-state index contributed by atoms with van der Waals surface area (Å²) in [4.78, 5) is 46.6. The number of para-hydroxylation sites is 1. The van der Waals surface area contributed by atoms with Gasteiger partial charge < -0.3 is 14.3 Å². The lowest BCUT2D eigenvalue weighted by Gasteiger charge is -2.18. The van der Waals surface area contributed by atoms with Gasteiger partial charge in [-0.05, 0) is 39.8 Å². The molecule has 0 amide bonds. The molecule has 9 heteroatoms. The largest absolute Gasteiger partial charge is 0.465 e. The summed E-state index contributed by atoms with van der Waals surface area (Å²) in [6, 6.07) is 6.76. The molecule has 0 saturated heterocycles. The van der Waals surface area contributed by atoms with Crippen molar-refractivity contribution in [1.82, 2.24) is 9.71 Å². The first-order valence-corrected chi connectivity index (χ1v) is 9.45. The minimum Gasteiger partial charge on any atom is -0.465 e. The topological polar surface area (TPSA) is 96.7 Å². The highest BCUT2D eigenvalue weighted by atomic mass is 32.2. The molecular weight excluding hydrogens is 372 g/mol. The lowest BCUT2D eigenvalue weighted by atomic mass is 10.2. The van der Waals surface area contributed by atoms with Crippen LogP contribution in [0, 0.1) is 0 Å². The minimum atomic E-state index is -1.03. The van der Waals surface area contributed by atoms with E-state index in [0.29, 0.717) is 10.9 Å². The van der Waals surface area contributed by atoms with E-state index in [2.05, 4.69) is 4.98 Å². The lowest BCUT2D eigenvalue weighted by molar-refractivity contribution is -0.156. The highest BCUT2D eigenvalue weighted by molar-refractivity contribution is 8.00. The Balaban J connectivity index is 2.45. The number of fused-ring (bicyclic) bond motifs is 1. The lowest BCUT2D eigenvalue weighted by Crippen LogP contribution is -2.39. The van der Waals surface area contributed by atoms with Crippen molar-refractivity contribution in [3.8, 4) is 0 Å². The first kappa shape index (κ1) is 20.8. The van der Waals surface area contributed by atoms with Crippen molar-refractivity contribution < 1.29 is 23.9 Å². The van der Waals surface area contributed by atoms with Gasteiger partial charge in [-0.2, -0.15) is 0 Å². The maximum atomic E-state index is 12.9. The molecule has 0 N–H and O–H groups in total. The van der Waals surface area contributed by atoms with Gasteiger partial charge in [0.25, 0.3) is 5.56 Å². The van der Waals surface area contributed by atoms with Crippen molar-refractivity contribution in [2.24, 2.45) is 0 Å². The van der Waals surface area contributed by atoms with Crippen LogP contribution in [-0.2, 0) is 19.1 Å². The number of benzene rings is 1. The summed E-state index contributed by atoms with van der Waals surface area (Å²) in [7, 11) is 0. The number of rotatable bonds is 8. The molecule has 0 fully saturated rings. The van der Waals surface area contributed by atoms with Crippen molar-refractivity contribution in [1.29, 1.82) is 0 Å². The van der Waals surface area contributed by atoms with E-state index in [0.717, 1.165) is 16.5 Å². The zero-order chi connectivity index (χ0) is 20.0. The predicted octanol–water partition coefficient (Wildman–Crippen LogP) is 1.82. The van der Waals surface area contributed by atoms with Crippen LogP contribution in [0.4, 0.5) is 0 Å². The van der Waals surface area contributed by atoms with Crippen LogP contribution in [0.5, 0.6) is 0 Å². The van der Waals surface area contributed by atoms with Gasteiger partial charge in [0.15, 0.2) is 0 Å². The molecule has 2 rings (SSSR count). The molecule has 0 saturated carbocycles. The van der Waals surface area contributed by atoms with Crippen LogP contribution in [-0.4, -0.2) is 46.2 Å². The molecule has 0 spiro atoms. The van der Waals surface area contributed by atoms with Crippen LogP contribution in [0.1, 0.15) is 27.7 Å². The van der Waals surface area contributed by atoms with Crippen molar-refractivity contribution in [2.45, 2.75) is 44.2 Å². The number of esters is 2. The first-order valence-electron chi connectivity index (χ1n) is 8.57.